The highest BCUT2D eigenvalue weighted by atomic mass is 32.1. The number of amides is 1. The summed E-state index contributed by atoms with van der Waals surface area (Å²) in [5, 5.41) is 3.13. The Bertz CT molecular complexity index is 1130. The lowest BCUT2D eigenvalue weighted by atomic mass is 10.2. The Morgan fingerprint density at radius 3 is 2.96 bits per heavy atom. The Labute approximate surface area is 152 Å². The van der Waals surface area contributed by atoms with Crippen LogP contribution in [0.25, 0.3) is 10.2 Å². The molecule has 134 valence electrons. The normalized spacial score (nSPS) is 14.0. The number of nitrogens with zero attached hydrogens (tertiary/aromatic N) is 2. The number of carbonyl (C=O) groups excluding carboxylic acids is 1. The molecule has 8 heteroatoms. The van der Waals surface area contributed by atoms with Crippen LogP contribution in [0, 0.1) is 6.92 Å². The first-order valence-corrected chi connectivity index (χ1v) is 9.39. The maximum Gasteiger partial charge on any atom is 0.266 e. The van der Waals surface area contributed by atoms with Crippen molar-refractivity contribution >= 4 is 33.1 Å². The maximum atomic E-state index is 12.9. The summed E-state index contributed by atoms with van der Waals surface area (Å²) in [7, 11) is 0. The molecule has 4 heterocycles. The number of aromatic nitrogens is 3. The van der Waals surface area contributed by atoms with Gasteiger partial charge in [-0.15, -0.1) is 11.3 Å². The van der Waals surface area contributed by atoms with Gasteiger partial charge in [-0.2, -0.15) is 0 Å². The van der Waals surface area contributed by atoms with Gasteiger partial charge in [-0.25, -0.2) is 4.98 Å². The van der Waals surface area contributed by atoms with Crippen molar-refractivity contribution in [3.8, 4) is 0 Å². The van der Waals surface area contributed by atoms with Gasteiger partial charge in [0, 0.05) is 31.4 Å². The highest BCUT2D eigenvalue weighted by Crippen LogP contribution is 2.28. The Hall–Kier alpha value is -2.74. The number of thiophene rings is 1. The lowest BCUT2D eigenvalue weighted by Gasteiger charge is -2.08. The number of hydrogen-bond acceptors (Lipinski definition) is 5. The molecule has 1 aliphatic heterocycles. The summed E-state index contributed by atoms with van der Waals surface area (Å²) in [6.45, 7) is 2.43. The number of aryl methyl sites for hydroxylation is 2. The van der Waals surface area contributed by atoms with Crippen LogP contribution >= 0.6 is 11.3 Å². The topological polar surface area (TPSA) is 96.8 Å². The molecule has 0 saturated heterocycles. The third kappa shape index (κ3) is 2.76. The first-order valence-electron chi connectivity index (χ1n) is 8.57. The maximum absolute atomic E-state index is 12.9. The number of pyridine rings is 1. The van der Waals surface area contributed by atoms with Crippen LogP contribution in [0.1, 0.15) is 40.3 Å². The molecule has 0 bridgehead atoms. The molecule has 0 unspecified atom stereocenters. The Kier molecular flexibility index (Phi) is 4.20. The highest BCUT2D eigenvalue weighted by molar-refractivity contribution is 7.20. The summed E-state index contributed by atoms with van der Waals surface area (Å²) in [6, 6.07) is 1.35. The minimum atomic E-state index is -0.401. The molecule has 0 saturated carbocycles. The second-order valence-corrected chi connectivity index (χ2v) is 7.41. The van der Waals surface area contributed by atoms with E-state index in [1.54, 1.807) is 11.5 Å². The van der Waals surface area contributed by atoms with E-state index in [0.717, 1.165) is 31.5 Å². The SMILES string of the molecule is Cc1c(C(=O)Nc2c[nH]ccc2=O)sc2nc3n(c(=O)c12)CCCCC3. The molecular formula is C18H18N4O3S. The molecule has 4 rings (SSSR count). The molecular weight excluding hydrogens is 352 g/mol. The monoisotopic (exact) mass is 370 g/mol. The molecule has 26 heavy (non-hydrogen) atoms. The van der Waals surface area contributed by atoms with Crippen molar-refractivity contribution in [2.45, 2.75) is 39.2 Å². The molecule has 0 atom stereocenters. The van der Waals surface area contributed by atoms with Gasteiger partial charge in [-0.3, -0.25) is 19.0 Å². The van der Waals surface area contributed by atoms with Gasteiger partial charge in [0.2, 0.25) is 5.43 Å². The van der Waals surface area contributed by atoms with Crippen LogP contribution in [-0.4, -0.2) is 20.4 Å². The van der Waals surface area contributed by atoms with Crippen LogP contribution < -0.4 is 16.3 Å². The van der Waals surface area contributed by atoms with E-state index in [4.69, 9.17) is 0 Å². The summed E-state index contributed by atoms with van der Waals surface area (Å²) in [4.78, 5) is 45.8. The second-order valence-electron chi connectivity index (χ2n) is 6.41. The molecule has 1 amide bonds. The third-order valence-electron chi connectivity index (χ3n) is 4.69. The number of aromatic amines is 1. The molecule has 1 aliphatic rings. The molecule has 3 aromatic heterocycles. The van der Waals surface area contributed by atoms with E-state index in [1.807, 2.05) is 0 Å². The smallest absolute Gasteiger partial charge is 0.266 e. The van der Waals surface area contributed by atoms with Gasteiger partial charge >= 0.3 is 0 Å². The van der Waals surface area contributed by atoms with Gasteiger partial charge in [-0.1, -0.05) is 6.42 Å². The Morgan fingerprint density at radius 2 is 2.15 bits per heavy atom. The van der Waals surface area contributed by atoms with Crippen molar-refractivity contribution < 1.29 is 4.79 Å². The molecule has 0 radical (unpaired) electrons. The zero-order valence-electron chi connectivity index (χ0n) is 14.3. The van der Waals surface area contributed by atoms with E-state index in [9.17, 15) is 14.4 Å². The van der Waals surface area contributed by atoms with Crippen molar-refractivity contribution in [3.63, 3.8) is 0 Å². The van der Waals surface area contributed by atoms with E-state index in [2.05, 4.69) is 15.3 Å². The van der Waals surface area contributed by atoms with E-state index in [0.29, 0.717) is 27.2 Å². The van der Waals surface area contributed by atoms with Crippen LogP contribution in [0.15, 0.2) is 28.0 Å². The van der Waals surface area contributed by atoms with Crippen LogP contribution in [0.5, 0.6) is 0 Å². The zero-order chi connectivity index (χ0) is 18.3. The molecule has 2 N–H and O–H groups in total. The summed E-state index contributed by atoms with van der Waals surface area (Å²) in [5.41, 5.74) is 0.444. The fourth-order valence-corrected chi connectivity index (χ4v) is 4.41. The minimum absolute atomic E-state index is 0.0720. The number of hydrogen-bond donors (Lipinski definition) is 2. The van der Waals surface area contributed by atoms with Gasteiger partial charge in [0.1, 0.15) is 16.3 Å². The van der Waals surface area contributed by atoms with Gasteiger partial charge in [0.25, 0.3) is 11.5 Å². The van der Waals surface area contributed by atoms with Crippen LogP contribution in [-0.2, 0) is 13.0 Å². The van der Waals surface area contributed by atoms with E-state index < -0.39 is 5.91 Å². The highest BCUT2D eigenvalue weighted by Gasteiger charge is 2.22. The fourth-order valence-electron chi connectivity index (χ4n) is 3.32. The van der Waals surface area contributed by atoms with E-state index in [1.165, 1.54) is 29.8 Å². The standard InChI is InChI=1S/C18H18N4O3S/c1-10-14-17(21-13-5-3-2-4-8-22(13)18(14)25)26-15(10)16(24)20-11-9-19-7-6-12(11)23/h6-7,9H,2-5,8H2,1H3,(H,19,23)(H,20,24). The molecule has 3 aromatic rings. The van der Waals surface area contributed by atoms with Crippen molar-refractivity contribution in [2.24, 2.45) is 0 Å². The van der Waals surface area contributed by atoms with Gasteiger partial charge in [0.15, 0.2) is 0 Å². The molecule has 0 aromatic carbocycles. The van der Waals surface area contributed by atoms with E-state index in [-0.39, 0.29) is 16.7 Å². The average Bonchev–Trinajstić information content (AvgIpc) is 2.80. The number of fused-ring (bicyclic) bond motifs is 2. The largest absolute Gasteiger partial charge is 0.366 e. The quantitative estimate of drug-likeness (QED) is 0.724. The lowest BCUT2D eigenvalue weighted by Crippen LogP contribution is -2.24. The molecule has 0 spiro atoms. The summed E-state index contributed by atoms with van der Waals surface area (Å²) < 4.78 is 1.75. The first-order chi connectivity index (χ1) is 12.6. The number of H-pyrrole nitrogens is 1. The summed E-state index contributed by atoms with van der Waals surface area (Å²) >= 11 is 1.20. The average molecular weight is 370 g/mol. The number of rotatable bonds is 2. The number of anilines is 1. The van der Waals surface area contributed by atoms with E-state index >= 15 is 0 Å². The minimum Gasteiger partial charge on any atom is -0.366 e. The summed E-state index contributed by atoms with van der Waals surface area (Å²) in [5.74, 6) is 0.398. The lowest BCUT2D eigenvalue weighted by molar-refractivity contribution is 0.103. The van der Waals surface area contributed by atoms with Gasteiger partial charge in [-0.05, 0) is 25.3 Å². The third-order valence-corrected chi connectivity index (χ3v) is 5.87. The Morgan fingerprint density at radius 1 is 1.31 bits per heavy atom. The predicted molar refractivity (Wildman–Crippen MR) is 101 cm³/mol. The van der Waals surface area contributed by atoms with Crippen LogP contribution in [0.3, 0.4) is 0 Å². The predicted octanol–water partition coefficient (Wildman–Crippen LogP) is 2.43. The zero-order valence-corrected chi connectivity index (χ0v) is 15.1. The molecule has 0 aliphatic carbocycles. The van der Waals surface area contributed by atoms with Crippen molar-refractivity contribution in [3.05, 3.63) is 55.3 Å². The van der Waals surface area contributed by atoms with Gasteiger partial charge in [0.05, 0.1) is 10.3 Å². The Balaban J connectivity index is 1.80. The second kappa shape index (κ2) is 6.53. The van der Waals surface area contributed by atoms with Gasteiger partial charge < -0.3 is 10.3 Å². The van der Waals surface area contributed by atoms with Crippen molar-refractivity contribution in [1.82, 2.24) is 14.5 Å². The fraction of sp³-hybridized carbons (Fsp3) is 0.333. The number of nitrogens with one attached hydrogen (secondary N) is 2. The first kappa shape index (κ1) is 16.7. The van der Waals surface area contributed by atoms with Crippen molar-refractivity contribution in [2.75, 3.05) is 5.32 Å². The number of carbonyl (C=O) groups is 1. The van der Waals surface area contributed by atoms with Crippen LogP contribution in [0.4, 0.5) is 5.69 Å². The summed E-state index contributed by atoms with van der Waals surface area (Å²) in [6.07, 6.45) is 6.80. The molecule has 7 nitrogen and oxygen atoms in total. The molecule has 0 fully saturated rings. The van der Waals surface area contributed by atoms with Crippen molar-refractivity contribution in [1.29, 1.82) is 0 Å². The van der Waals surface area contributed by atoms with Crippen LogP contribution in [0.2, 0.25) is 0 Å².